The molecular weight excluding hydrogens is 395 g/mol. The Bertz CT molecular complexity index is 663. The molecule has 25 heavy (non-hydrogen) atoms. The van der Waals surface area contributed by atoms with E-state index in [9.17, 15) is 14.0 Å². The van der Waals surface area contributed by atoms with Gasteiger partial charge in [0.2, 0.25) is 0 Å². The molecule has 2 N–H and O–H groups in total. The van der Waals surface area contributed by atoms with E-state index in [0.29, 0.717) is 11.0 Å². The maximum absolute atomic E-state index is 14.5. The third kappa shape index (κ3) is 5.32. The summed E-state index contributed by atoms with van der Waals surface area (Å²) in [7, 11) is 0. The molecule has 2 atom stereocenters. The Kier molecular flexibility index (Phi) is 5.92. The van der Waals surface area contributed by atoms with Crippen LogP contribution in [0.15, 0.2) is 22.7 Å². The van der Waals surface area contributed by atoms with E-state index in [1.54, 1.807) is 32.9 Å². The first kappa shape index (κ1) is 19.5. The van der Waals surface area contributed by atoms with Crippen molar-refractivity contribution >= 4 is 27.9 Å². The van der Waals surface area contributed by atoms with Gasteiger partial charge in [0.25, 0.3) is 5.91 Å². The summed E-state index contributed by atoms with van der Waals surface area (Å²) in [6.45, 7) is 5.45. The average Bonchev–Trinajstić information content (AvgIpc) is 2.48. The van der Waals surface area contributed by atoms with Crippen LogP contribution in [-0.4, -0.2) is 47.9 Å². The van der Waals surface area contributed by atoms with Crippen LogP contribution in [0.25, 0.3) is 0 Å². The summed E-state index contributed by atoms with van der Waals surface area (Å²) in [4.78, 5) is 24.9. The van der Waals surface area contributed by atoms with Crippen LogP contribution < -0.4 is 10.5 Å². The van der Waals surface area contributed by atoms with Gasteiger partial charge in [-0.25, -0.2) is 9.18 Å². The highest BCUT2D eigenvalue weighted by Gasteiger charge is 2.35. The Morgan fingerprint density at radius 1 is 1.36 bits per heavy atom. The van der Waals surface area contributed by atoms with Gasteiger partial charge >= 0.3 is 6.09 Å². The van der Waals surface area contributed by atoms with Gasteiger partial charge in [0.15, 0.2) is 6.17 Å². The number of ether oxygens (including phenoxy) is 2. The van der Waals surface area contributed by atoms with Crippen molar-refractivity contribution in [2.75, 3.05) is 13.1 Å². The third-order valence-corrected chi connectivity index (χ3v) is 4.11. The van der Waals surface area contributed by atoms with Crippen LogP contribution in [0.5, 0.6) is 5.75 Å². The second-order valence-electron chi connectivity index (χ2n) is 6.89. The number of piperidine rings is 1. The fourth-order valence-corrected chi connectivity index (χ4v) is 2.83. The zero-order chi connectivity index (χ0) is 18.8. The Hall–Kier alpha value is -1.83. The van der Waals surface area contributed by atoms with E-state index in [1.807, 2.05) is 0 Å². The lowest BCUT2D eigenvalue weighted by Gasteiger charge is -2.35. The van der Waals surface area contributed by atoms with Crippen LogP contribution in [0.1, 0.15) is 37.6 Å². The molecule has 1 aromatic carbocycles. The molecule has 2 rings (SSSR count). The highest BCUT2D eigenvalue weighted by molar-refractivity contribution is 9.10. The van der Waals surface area contributed by atoms with Gasteiger partial charge in [0.05, 0.1) is 12.1 Å². The van der Waals surface area contributed by atoms with Crippen LogP contribution in [0, 0.1) is 0 Å². The maximum Gasteiger partial charge on any atom is 0.410 e. The Morgan fingerprint density at radius 2 is 2.04 bits per heavy atom. The van der Waals surface area contributed by atoms with Crippen molar-refractivity contribution in [3.8, 4) is 5.75 Å². The van der Waals surface area contributed by atoms with Gasteiger partial charge in [-0.1, -0.05) is 15.9 Å². The molecule has 0 aromatic heterocycles. The number of carbonyl (C=O) groups excluding carboxylic acids is 2. The summed E-state index contributed by atoms with van der Waals surface area (Å²) in [6, 6.07) is 4.78. The Balaban J connectivity index is 2.03. The first-order chi connectivity index (χ1) is 11.6. The number of benzene rings is 1. The molecule has 1 heterocycles. The lowest BCUT2D eigenvalue weighted by Crippen LogP contribution is -2.50. The van der Waals surface area contributed by atoms with Gasteiger partial charge in [0, 0.05) is 17.4 Å². The summed E-state index contributed by atoms with van der Waals surface area (Å²) in [5, 5.41) is 0. The molecule has 0 aliphatic carbocycles. The molecule has 138 valence electrons. The average molecular weight is 417 g/mol. The lowest BCUT2D eigenvalue weighted by atomic mass is 10.1. The van der Waals surface area contributed by atoms with Crippen LogP contribution >= 0.6 is 15.9 Å². The highest BCUT2D eigenvalue weighted by atomic mass is 79.9. The van der Waals surface area contributed by atoms with E-state index < -0.39 is 29.9 Å². The highest BCUT2D eigenvalue weighted by Crippen LogP contribution is 2.27. The largest absolute Gasteiger partial charge is 0.486 e. The van der Waals surface area contributed by atoms with E-state index in [2.05, 4.69) is 15.9 Å². The van der Waals surface area contributed by atoms with Crippen LogP contribution in [0.3, 0.4) is 0 Å². The molecule has 0 unspecified atom stereocenters. The Labute approximate surface area is 154 Å². The number of hydrogen-bond acceptors (Lipinski definition) is 4. The van der Waals surface area contributed by atoms with Crippen LogP contribution in [0.4, 0.5) is 9.18 Å². The molecule has 1 aliphatic heterocycles. The number of nitrogens with zero attached hydrogens (tertiary/aromatic N) is 1. The van der Waals surface area contributed by atoms with Gasteiger partial charge in [-0.15, -0.1) is 0 Å². The summed E-state index contributed by atoms with van der Waals surface area (Å²) in [5.74, 6) is -0.424. The topological polar surface area (TPSA) is 81.9 Å². The van der Waals surface area contributed by atoms with Crippen LogP contribution in [0.2, 0.25) is 0 Å². The fraction of sp³-hybridized carbons (Fsp3) is 0.529. The van der Waals surface area contributed by atoms with E-state index in [0.717, 1.165) is 0 Å². The Morgan fingerprint density at radius 3 is 2.60 bits per heavy atom. The molecule has 0 bridgehead atoms. The predicted octanol–water partition coefficient (Wildman–Crippen LogP) is 3.27. The zero-order valence-electron chi connectivity index (χ0n) is 14.4. The smallest absolute Gasteiger partial charge is 0.410 e. The van der Waals surface area contributed by atoms with Crippen molar-refractivity contribution in [1.82, 2.24) is 4.90 Å². The first-order valence-corrected chi connectivity index (χ1v) is 8.74. The molecule has 0 saturated carbocycles. The van der Waals surface area contributed by atoms with Gasteiger partial charge in [0.1, 0.15) is 17.5 Å². The van der Waals surface area contributed by atoms with E-state index in [4.69, 9.17) is 15.2 Å². The van der Waals surface area contributed by atoms with Crippen molar-refractivity contribution in [3.05, 3.63) is 28.2 Å². The number of rotatable bonds is 3. The van der Waals surface area contributed by atoms with Crippen LogP contribution in [-0.2, 0) is 4.74 Å². The molecule has 1 aliphatic rings. The SMILES string of the molecule is CC(C)(C)OC(=O)N1CC[C@H](Oc2ccc(Br)cc2C(N)=O)[C@H](F)C1. The van der Waals surface area contributed by atoms with E-state index in [-0.39, 0.29) is 24.3 Å². The number of halogens is 2. The summed E-state index contributed by atoms with van der Waals surface area (Å²) >= 11 is 3.25. The van der Waals surface area contributed by atoms with Gasteiger partial charge in [-0.05, 0) is 39.0 Å². The second-order valence-corrected chi connectivity index (χ2v) is 7.81. The molecule has 2 amide bonds. The molecule has 0 radical (unpaired) electrons. The number of amides is 2. The van der Waals surface area contributed by atoms with Crippen molar-refractivity contribution in [2.45, 2.75) is 45.1 Å². The minimum absolute atomic E-state index is 0.123. The maximum atomic E-state index is 14.5. The summed E-state index contributed by atoms with van der Waals surface area (Å²) in [6.07, 6.45) is -2.42. The number of likely N-dealkylation sites (tertiary alicyclic amines) is 1. The zero-order valence-corrected chi connectivity index (χ0v) is 16.0. The van der Waals surface area contributed by atoms with E-state index in [1.165, 1.54) is 11.0 Å². The fourth-order valence-electron chi connectivity index (χ4n) is 2.47. The summed E-state index contributed by atoms with van der Waals surface area (Å²) in [5.41, 5.74) is 4.88. The van der Waals surface area contributed by atoms with E-state index >= 15 is 0 Å². The quantitative estimate of drug-likeness (QED) is 0.819. The normalized spacial score (nSPS) is 20.9. The predicted molar refractivity (Wildman–Crippen MR) is 94.4 cm³/mol. The number of nitrogens with two attached hydrogens (primary N) is 1. The molecule has 1 aromatic rings. The van der Waals surface area contributed by atoms with Gasteiger partial charge in [-0.3, -0.25) is 4.79 Å². The minimum atomic E-state index is -1.40. The monoisotopic (exact) mass is 416 g/mol. The molecule has 6 nitrogen and oxygen atoms in total. The van der Waals surface area contributed by atoms with Crippen molar-refractivity contribution < 1.29 is 23.5 Å². The van der Waals surface area contributed by atoms with Crippen molar-refractivity contribution in [1.29, 1.82) is 0 Å². The molecular formula is C17H22BrFN2O4. The van der Waals surface area contributed by atoms with Crippen molar-refractivity contribution in [2.24, 2.45) is 5.73 Å². The standard InChI is InChI=1S/C17H22BrFN2O4/c1-17(2,3)25-16(23)21-7-6-14(12(19)9-21)24-13-5-4-10(18)8-11(13)15(20)22/h4-5,8,12,14H,6-7,9H2,1-3H3,(H2,20,22)/t12-,14+/m1/s1. The number of carbonyl (C=O) groups is 2. The molecule has 1 fully saturated rings. The minimum Gasteiger partial charge on any atom is -0.486 e. The summed E-state index contributed by atoms with van der Waals surface area (Å²) < 4.78 is 26.1. The van der Waals surface area contributed by atoms with Gasteiger partial charge in [-0.2, -0.15) is 0 Å². The van der Waals surface area contributed by atoms with Crippen molar-refractivity contribution in [3.63, 3.8) is 0 Å². The number of primary amides is 1. The number of alkyl halides is 1. The second kappa shape index (κ2) is 7.59. The first-order valence-electron chi connectivity index (χ1n) is 7.95. The number of hydrogen-bond donors (Lipinski definition) is 1. The molecule has 8 heteroatoms. The molecule has 0 spiro atoms. The third-order valence-electron chi connectivity index (χ3n) is 3.62. The van der Waals surface area contributed by atoms with Gasteiger partial charge < -0.3 is 20.1 Å². The molecule has 1 saturated heterocycles. The lowest BCUT2D eigenvalue weighted by molar-refractivity contribution is -0.0106.